The maximum atomic E-state index is 12.6. The minimum absolute atomic E-state index is 0.0225. The number of carbonyl (C=O) groups excluding carboxylic acids is 3. The first-order chi connectivity index (χ1) is 13.4. The summed E-state index contributed by atoms with van der Waals surface area (Å²) < 4.78 is 5.37. The molecule has 1 aromatic rings. The number of nitrogens with one attached hydrogen (secondary N) is 1. The highest BCUT2D eigenvalue weighted by atomic mass is 16.5. The Hall–Kier alpha value is -2.37. The van der Waals surface area contributed by atoms with Crippen LogP contribution in [0, 0.1) is 17.8 Å². The zero-order chi connectivity index (χ0) is 20.3. The molecule has 1 saturated heterocycles. The first-order valence-electron chi connectivity index (χ1n) is 10.2. The zero-order valence-electron chi connectivity index (χ0n) is 16.9. The van der Waals surface area contributed by atoms with Crippen LogP contribution in [0.2, 0.25) is 0 Å². The minimum atomic E-state index is -0.912. The van der Waals surface area contributed by atoms with Gasteiger partial charge in [-0.3, -0.25) is 14.4 Å². The summed E-state index contributed by atoms with van der Waals surface area (Å²) in [7, 11) is 0. The molecule has 2 amide bonds. The highest BCUT2D eigenvalue weighted by molar-refractivity contribution is 5.95. The second kappa shape index (κ2) is 8.76. The van der Waals surface area contributed by atoms with Gasteiger partial charge in [-0.25, -0.2) is 0 Å². The molecule has 3 rings (SSSR count). The predicted molar refractivity (Wildman–Crippen MR) is 106 cm³/mol. The molecule has 6 nitrogen and oxygen atoms in total. The quantitative estimate of drug-likeness (QED) is 0.789. The predicted octanol–water partition coefficient (Wildman–Crippen LogP) is 3.23. The summed E-state index contributed by atoms with van der Waals surface area (Å²) in [6, 6.07) is 9.23. The van der Waals surface area contributed by atoms with Crippen molar-refractivity contribution in [3.8, 4) is 0 Å². The first-order valence-corrected chi connectivity index (χ1v) is 10.2. The van der Waals surface area contributed by atoms with E-state index in [1.807, 2.05) is 23.1 Å². The van der Waals surface area contributed by atoms with E-state index in [1.165, 1.54) is 6.42 Å². The molecule has 1 aliphatic heterocycles. The fourth-order valence-electron chi connectivity index (χ4n) is 4.29. The molecule has 0 bridgehead atoms. The molecule has 0 unspecified atom stereocenters. The topological polar surface area (TPSA) is 75.7 Å². The van der Waals surface area contributed by atoms with Gasteiger partial charge < -0.3 is 15.0 Å². The van der Waals surface area contributed by atoms with Gasteiger partial charge in [0, 0.05) is 24.7 Å². The van der Waals surface area contributed by atoms with E-state index >= 15 is 0 Å². The highest BCUT2D eigenvalue weighted by Crippen LogP contribution is 2.36. The Labute approximate surface area is 166 Å². The van der Waals surface area contributed by atoms with E-state index in [4.69, 9.17) is 4.74 Å². The number of hydrogen-bond donors (Lipinski definition) is 1. The number of likely N-dealkylation sites (tertiary alicyclic amines) is 1. The van der Waals surface area contributed by atoms with Crippen molar-refractivity contribution in [2.24, 2.45) is 17.8 Å². The third kappa shape index (κ3) is 4.54. The van der Waals surface area contributed by atoms with Crippen LogP contribution in [0.25, 0.3) is 0 Å². The molecule has 1 saturated carbocycles. The smallest absolute Gasteiger partial charge is 0.312 e. The molecule has 1 N–H and O–H groups in total. The fraction of sp³-hybridized carbons (Fsp3) is 0.591. The summed E-state index contributed by atoms with van der Waals surface area (Å²) in [4.78, 5) is 39.2. The number of hydrogen-bond acceptors (Lipinski definition) is 4. The summed E-state index contributed by atoms with van der Waals surface area (Å²) in [5, 5.41) is 2.72. The molecule has 2 aliphatic rings. The number of anilines is 1. The number of para-hydroxylation sites is 1. The monoisotopic (exact) mass is 386 g/mol. The SMILES string of the molecule is C[C@@H]1[C@H](C)CCC[C@H]1N1C[C@H](C(=O)O[C@@H](C)C(=O)Nc2ccccc2)CC1=O. The van der Waals surface area contributed by atoms with Crippen LogP contribution in [0.15, 0.2) is 30.3 Å². The molecule has 1 aliphatic carbocycles. The highest BCUT2D eigenvalue weighted by Gasteiger charge is 2.42. The molecule has 0 aromatic heterocycles. The van der Waals surface area contributed by atoms with Gasteiger partial charge in [0.15, 0.2) is 6.10 Å². The van der Waals surface area contributed by atoms with Gasteiger partial charge in [0.2, 0.25) is 5.91 Å². The van der Waals surface area contributed by atoms with Gasteiger partial charge in [0.25, 0.3) is 5.91 Å². The molecule has 1 aromatic carbocycles. The zero-order valence-corrected chi connectivity index (χ0v) is 16.9. The van der Waals surface area contributed by atoms with E-state index in [1.54, 1.807) is 19.1 Å². The molecule has 0 spiro atoms. The molecule has 0 radical (unpaired) electrons. The largest absolute Gasteiger partial charge is 0.452 e. The van der Waals surface area contributed by atoms with E-state index in [2.05, 4.69) is 19.2 Å². The second-order valence-corrected chi connectivity index (χ2v) is 8.22. The van der Waals surface area contributed by atoms with E-state index in [9.17, 15) is 14.4 Å². The van der Waals surface area contributed by atoms with Gasteiger partial charge >= 0.3 is 5.97 Å². The Kier molecular flexibility index (Phi) is 6.37. The molecule has 1 heterocycles. The number of esters is 1. The minimum Gasteiger partial charge on any atom is -0.452 e. The Balaban J connectivity index is 1.54. The van der Waals surface area contributed by atoms with E-state index in [0.29, 0.717) is 24.1 Å². The maximum absolute atomic E-state index is 12.6. The van der Waals surface area contributed by atoms with Crippen molar-refractivity contribution >= 4 is 23.5 Å². The number of nitrogens with zero attached hydrogens (tertiary/aromatic N) is 1. The van der Waals surface area contributed by atoms with Crippen LogP contribution in [0.1, 0.15) is 46.5 Å². The van der Waals surface area contributed by atoms with Crippen LogP contribution in [0.5, 0.6) is 0 Å². The Morgan fingerprint density at radius 1 is 1.18 bits per heavy atom. The van der Waals surface area contributed by atoms with Gasteiger partial charge in [-0.05, 0) is 37.3 Å². The van der Waals surface area contributed by atoms with Crippen molar-refractivity contribution in [1.29, 1.82) is 0 Å². The summed E-state index contributed by atoms with van der Waals surface area (Å²) in [5.41, 5.74) is 0.651. The number of carbonyl (C=O) groups is 3. The van der Waals surface area contributed by atoms with E-state index in [0.717, 1.165) is 12.8 Å². The first kappa shape index (κ1) is 20.4. The lowest BCUT2D eigenvalue weighted by Gasteiger charge is -2.39. The van der Waals surface area contributed by atoms with Crippen LogP contribution >= 0.6 is 0 Å². The number of benzene rings is 1. The molecule has 5 atom stereocenters. The standard InChI is InChI=1S/C22H30N2O4/c1-14-8-7-11-19(15(14)2)24-13-17(12-20(24)25)22(27)28-16(3)21(26)23-18-9-5-4-6-10-18/h4-6,9-10,14-17,19H,7-8,11-13H2,1-3H3,(H,23,26)/t14-,15-,16+,17-,19-/m1/s1. The summed E-state index contributed by atoms with van der Waals surface area (Å²) in [6.07, 6.45) is 2.56. The fourth-order valence-corrected chi connectivity index (χ4v) is 4.29. The van der Waals surface area contributed by atoms with E-state index < -0.39 is 18.0 Å². The van der Waals surface area contributed by atoms with Crippen molar-refractivity contribution in [2.45, 2.75) is 58.6 Å². The summed E-state index contributed by atoms with van der Waals surface area (Å²) in [6.45, 7) is 6.38. The van der Waals surface area contributed by atoms with Gasteiger partial charge in [0.1, 0.15) is 0 Å². The summed E-state index contributed by atoms with van der Waals surface area (Å²) >= 11 is 0. The lowest BCUT2D eigenvalue weighted by molar-refractivity contribution is -0.157. The van der Waals surface area contributed by atoms with Crippen LogP contribution in [0.4, 0.5) is 5.69 Å². The third-order valence-electron chi connectivity index (χ3n) is 6.26. The van der Waals surface area contributed by atoms with Crippen LogP contribution in [0.3, 0.4) is 0 Å². The van der Waals surface area contributed by atoms with E-state index in [-0.39, 0.29) is 24.3 Å². The molecular weight excluding hydrogens is 356 g/mol. The molecular formula is C22H30N2O4. The Morgan fingerprint density at radius 2 is 1.89 bits per heavy atom. The van der Waals surface area contributed by atoms with Crippen molar-refractivity contribution in [2.75, 3.05) is 11.9 Å². The van der Waals surface area contributed by atoms with Crippen LogP contribution in [-0.4, -0.2) is 41.4 Å². The summed E-state index contributed by atoms with van der Waals surface area (Å²) in [5.74, 6) is -0.306. The molecule has 152 valence electrons. The third-order valence-corrected chi connectivity index (χ3v) is 6.26. The molecule has 2 fully saturated rings. The average molecular weight is 386 g/mol. The van der Waals surface area contributed by atoms with Crippen molar-refractivity contribution in [3.05, 3.63) is 30.3 Å². The van der Waals surface area contributed by atoms with Crippen LogP contribution in [-0.2, 0) is 19.1 Å². The number of amides is 2. The average Bonchev–Trinajstić information content (AvgIpc) is 3.06. The maximum Gasteiger partial charge on any atom is 0.312 e. The van der Waals surface area contributed by atoms with Crippen LogP contribution < -0.4 is 5.32 Å². The van der Waals surface area contributed by atoms with Crippen molar-refractivity contribution in [1.82, 2.24) is 4.90 Å². The van der Waals surface area contributed by atoms with Crippen molar-refractivity contribution < 1.29 is 19.1 Å². The molecule has 6 heteroatoms. The number of ether oxygens (including phenoxy) is 1. The van der Waals surface area contributed by atoms with Gasteiger partial charge in [-0.1, -0.05) is 44.9 Å². The second-order valence-electron chi connectivity index (χ2n) is 8.22. The number of rotatable bonds is 5. The van der Waals surface area contributed by atoms with Crippen molar-refractivity contribution in [3.63, 3.8) is 0 Å². The van der Waals surface area contributed by atoms with Gasteiger partial charge in [-0.2, -0.15) is 0 Å². The lowest BCUT2D eigenvalue weighted by Crippen LogP contribution is -2.45. The Morgan fingerprint density at radius 3 is 2.61 bits per heavy atom. The lowest BCUT2D eigenvalue weighted by atomic mass is 9.77. The normalized spacial score (nSPS) is 28.7. The molecule has 28 heavy (non-hydrogen) atoms. The van der Waals surface area contributed by atoms with Gasteiger partial charge in [0.05, 0.1) is 5.92 Å². The van der Waals surface area contributed by atoms with Gasteiger partial charge in [-0.15, -0.1) is 0 Å². The Bertz CT molecular complexity index is 721.